The molecule has 0 aliphatic rings. The third kappa shape index (κ3) is 4.06. The summed E-state index contributed by atoms with van der Waals surface area (Å²) in [5.74, 6) is -0.266. The van der Waals surface area contributed by atoms with Crippen molar-refractivity contribution < 1.29 is 9.90 Å². The molecule has 1 rings (SSSR count). The van der Waals surface area contributed by atoms with E-state index in [-0.39, 0.29) is 6.42 Å². The van der Waals surface area contributed by atoms with E-state index in [4.69, 9.17) is 5.11 Å². The van der Waals surface area contributed by atoms with Gasteiger partial charge in [-0.05, 0) is 24.3 Å². The number of hydrogen-bond donors (Lipinski definition) is 1. The Balaban J connectivity index is 2.72. The Morgan fingerprint density at radius 1 is 1.53 bits per heavy atom. The second-order valence-electron chi connectivity index (χ2n) is 3.99. The third-order valence-corrected chi connectivity index (χ3v) is 2.09. The zero-order valence-electron chi connectivity index (χ0n) is 9.10. The van der Waals surface area contributed by atoms with Crippen LogP contribution >= 0.6 is 0 Å². The van der Waals surface area contributed by atoms with E-state index < -0.39 is 5.97 Å². The summed E-state index contributed by atoms with van der Waals surface area (Å²) in [6.45, 7) is 4.23. The molecule has 4 heteroatoms. The molecule has 1 heterocycles. The van der Waals surface area contributed by atoms with E-state index in [1.807, 2.05) is 0 Å². The fourth-order valence-electron chi connectivity index (χ4n) is 1.40. The van der Waals surface area contributed by atoms with Crippen LogP contribution in [0, 0.1) is 5.92 Å². The SMILES string of the molecule is CC(C)Cc1ncncc1CCC(=O)O. The molecule has 82 valence electrons. The molecule has 0 aromatic carbocycles. The smallest absolute Gasteiger partial charge is 0.303 e. The number of rotatable bonds is 5. The van der Waals surface area contributed by atoms with Gasteiger partial charge in [0.25, 0.3) is 0 Å². The molecule has 1 aromatic heterocycles. The van der Waals surface area contributed by atoms with Crippen molar-refractivity contribution in [1.29, 1.82) is 0 Å². The van der Waals surface area contributed by atoms with Crippen LogP contribution in [-0.2, 0) is 17.6 Å². The zero-order valence-corrected chi connectivity index (χ0v) is 9.10. The van der Waals surface area contributed by atoms with Crippen molar-refractivity contribution in [2.75, 3.05) is 0 Å². The first-order chi connectivity index (χ1) is 7.09. The maximum atomic E-state index is 10.5. The van der Waals surface area contributed by atoms with Gasteiger partial charge in [-0.3, -0.25) is 4.79 Å². The molecule has 1 N–H and O–H groups in total. The molecule has 0 amide bonds. The number of aromatic nitrogens is 2. The van der Waals surface area contributed by atoms with Crippen LogP contribution in [0.3, 0.4) is 0 Å². The van der Waals surface area contributed by atoms with Crippen molar-refractivity contribution in [3.05, 3.63) is 23.8 Å². The predicted molar refractivity (Wildman–Crippen MR) is 56.5 cm³/mol. The van der Waals surface area contributed by atoms with Gasteiger partial charge in [-0.15, -0.1) is 0 Å². The summed E-state index contributed by atoms with van der Waals surface area (Å²) in [7, 11) is 0. The molecule has 0 atom stereocenters. The first kappa shape index (κ1) is 11.6. The lowest BCUT2D eigenvalue weighted by molar-refractivity contribution is -0.136. The molecule has 0 aliphatic heterocycles. The second-order valence-corrected chi connectivity index (χ2v) is 3.99. The molecule has 0 spiro atoms. The minimum Gasteiger partial charge on any atom is -0.481 e. The van der Waals surface area contributed by atoms with Crippen LogP contribution in [0.1, 0.15) is 31.5 Å². The first-order valence-corrected chi connectivity index (χ1v) is 5.09. The number of carbonyl (C=O) groups is 1. The molecular weight excluding hydrogens is 192 g/mol. The van der Waals surface area contributed by atoms with Gasteiger partial charge in [0.15, 0.2) is 0 Å². The summed E-state index contributed by atoms with van der Waals surface area (Å²) < 4.78 is 0. The van der Waals surface area contributed by atoms with Gasteiger partial charge in [-0.2, -0.15) is 0 Å². The Hall–Kier alpha value is -1.45. The van der Waals surface area contributed by atoms with Crippen molar-refractivity contribution in [3.8, 4) is 0 Å². The lowest BCUT2D eigenvalue weighted by Gasteiger charge is -2.08. The minimum absolute atomic E-state index is 0.137. The lowest BCUT2D eigenvalue weighted by Crippen LogP contribution is -2.05. The highest BCUT2D eigenvalue weighted by molar-refractivity contribution is 5.67. The fraction of sp³-hybridized carbons (Fsp3) is 0.545. The van der Waals surface area contributed by atoms with Crippen LogP contribution in [-0.4, -0.2) is 21.0 Å². The summed E-state index contributed by atoms with van der Waals surface area (Å²) in [6, 6.07) is 0. The highest BCUT2D eigenvalue weighted by Crippen LogP contribution is 2.11. The third-order valence-electron chi connectivity index (χ3n) is 2.09. The Labute approximate surface area is 89.4 Å². The van der Waals surface area contributed by atoms with E-state index in [1.54, 1.807) is 6.20 Å². The van der Waals surface area contributed by atoms with Crippen LogP contribution in [0.2, 0.25) is 0 Å². The highest BCUT2D eigenvalue weighted by atomic mass is 16.4. The van der Waals surface area contributed by atoms with Gasteiger partial charge in [-0.1, -0.05) is 13.8 Å². The van der Waals surface area contributed by atoms with Gasteiger partial charge in [0.2, 0.25) is 0 Å². The number of nitrogens with zero attached hydrogens (tertiary/aromatic N) is 2. The van der Waals surface area contributed by atoms with Crippen molar-refractivity contribution in [3.63, 3.8) is 0 Å². The van der Waals surface area contributed by atoms with Gasteiger partial charge < -0.3 is 5.11 Å². The Morgan fingerprint density at radius 3 is 2.87 bits per heavy atom. The summed E-state index contributed by atoms with van der Waals surface area (Å²) in [6.07, 6.45) is 4.75. The van der Waals surface area contributed by atoms with Crippen LogP contribution in [0.5, 0.6) is 0 Å². The summed E-state index contributed by atoms with van der Waals surface area (Å²) in [5.41, 5.74) is 1.93. The molecule has 0 saturated carbocycles. The van der Waals surface area contributed by atoms with Gasteiger partial charge in [0.1, 0.15) is 6.33 Å². The topological polar surface area (TPSA) is 63.1 Å². The Morgan fingerprint density at radius 2 is 2.27 bits per heavy atom. The van der Waals surface area contributed by atoms with Crippen molar-refractivity contribution in [2.45, 2.75) is 33.1 Å². The van der Waals surface area contributed by atoms with Gasteiger partial charge in [0.05, 0.1) is 0 Å². The highest BCUT2D eigenvalue weighted by Gasteiger charge is 2.07. The van der Waals surface area contributed by atoms with Gasteiger partial charge in [0, 0.05) is 18.3 Å². The largest absolute Gasteiger partial charge is 0.481 e. The van der Waals surface area contributed by atoms with Crippen LogP contribution in [0.4, 0.5) is 0 Å². The number of carboxylic acid groups (broad SMARTS) is 1. The maximum Gasteiger partial charge on any atom is 0.303 e. The van der Waals surface area contributed by atoms with Crippen molar-refractivity contribution in [1.82, 2.24) is 9.97 Å². The van der Waals surface area contributed by atoms with Gasteiger partial charge >= 0.3 is 5.97 Å². The molecule has 0 bridgehead atoms. The molecule has 0 aliphatic carbocycles. The summed E-state index contributed by atoms with van der Waals surface area (Å²) >= 11 is 0. The van der Waals surface area contributed by atoms with Gasteiger partial charge in [-0.25, -0.2) is 9.97 Å². The molecule has 0 fully saturated rings. The van der Waals surface area contributed by atoms with Crippen molar-refractivity contribution in [2.24, 2.45) is 5.92 Å². The normalized spacial score (nSPS) is 10.6. The molecular formula is C11H16N2O2. The number of carboxylic acids is 1. The van der Waals surface area contributed by atoms with E-state index >= 15 is 0 Å². The Kier molecular flexibility index (Phi) is 4.21. The Bertz CT molecular complexity index is 337. The molecule has 15 heavy (non-hydrogen) atoms. The van der Waals surface area contributed by atoms with Crippen LogP contribution in [0.25, 0.3) is 0 Å². The molecule has 4 nitrogen and oxygen atoms in total. The van der Waals surface area contributed by atoms with E-state index in [9.17, 15) is 4.79 Å². The molecule has 0 saturated heterocycles. The number of aliphatic carboxylic acids is 1. The molecule has 1 aromatic rings. The van der Waals surface area contributed by atoms with E-state index in [2.05, 4.69) is 23.8 Å². The average molecular weight is 208 g/mol. The minimum atomic E-state index is -0.783. The fourth-order valence-corrected chi connectivity index (χ4v) is 1.40. The van der Waals surface area contributed by atoms with Crippen LogP contribution < -0.4 is 0 Å². The van der Waals surface area contributed by atoms with E-state index in [0.29, 0.717) is 12.3 Å². The molecule has 0 radical (unpaired) electrons. The van der Waals surface area contributed by atoms with Crippen molar-refractivity contribution >= 4 is 5.97 Å². The maximum absolute atomic E-state index is 10.5. The monoisotopic (exact) mass is 208 g/mol. The summed E-state index contributed by atoms with van der Waals surface area (Å²) in [4.78, 5) is 18.6. The molecule has 0 unspecified atom stereocenters. The second kappa shape index (κ2) is 5.44. The quantitative estimate of drug-likeness (QED) is 0.799. The standard InChI is InChI=1S/C11H16N2O2/c1-8(2)5-10-9(3-4-11(14)15)6-12-7-13-10/h6-8H,3-5H2,1-2H3,(H,14,15). The zero-order chi connectivity index (χ0) is 11.3. The van der Waals surface area contributed by atoms with E-state index in [0.717, 1.165) is 17.7 Å². The predicted octanol–water partition coefficient (Wildman–Crippen LogP) is 1.69. The van der Waals surface area contributed by atoms with E-state index in [1.165, 1.54) is 6.33 Å². The lowest BCUT2D eigenvalue weighted by atomic mass is 10.0. The average Bonchev–Trinajstić information content (AvgIpc) is 2.15. The number of hydrogen-bond acceptors (Lipinski definition) is 3. The summed E-state index contributed by atoms with van der Waals surface area (Å²) in [5, 5.41) is 8.61. The first-order valence-electron chi connectivity index (χ1n) is 5.09. The number of aryl methyl sites for hydroxylation is 1. The van der Waals surface area contributed by atoms with Crippen LogP contribution in [0.15, 0.2) is 12.5 Å².